The molecule has 0 saturated heterocycles. The zero-order valence-electron chi connectivity index (χ0n) is 12.2. The summed E-state index contributed by atoms with van der Waals surface area (Å²) in [4.78, 5) is 0. The lowest BCUT2D eigenvalue weighted by atomic mass is 10.1. The van der Waals surface area contributed by atoms with E-state index >= 15 is 0 Å². The van der Waals surface area contributed by atoms with Gasteiger partial charge in [-0.1, -0.05) is 37.6 Å². The number of hydrogen-bond donors (Lipinski definition) is 1. The second-order valence-electron chi connectivity index (χ2n) is 5.24. The Labute approximate surface area is 120 Å². The van der Waals surface area contributed by atoms with Gasteiger partial charge in [-0.05, 0) is 54.7 Å². The zero-order chi connectivity index (χ0) is 14.4. The van der Waals surface area contributed by atoms with Crippen LogP contribution in [0.5, 0.6) is 0 Å². The van der Waals surface area contributed by atoms with Crippen LogP contribution in [0.15, 0.2) is 42.5 Å². The number of hydrogen-bond acceptors (Lipinski definition) is 1. The normalized spacial score (nSPS) is 10.6. The molecule has 2 aromatic carbocycles. The van der Waals surface area contributed by atoms with E-state index in [1.807, 2.05) is 12.1 Å². The van der Waals surface area contributed by atoms with Gasteiger partial charge in [-0.3, -0.25) is 0 Å². The fraction of sp³-hybridized carbons (Fsp3) is 0.333. The summed E-state index contributed by atoms with van der Waals surface area (Å²) < 4.78 is 13.2. The predicted molar refractivity (Wildman–Crippen MR) is 83.5 cm³/mol. The minimum absolute atomic E-state index is 0.144. The monoisotopic (exact) mass is 271 g/mol. The molecule has 0 radical (unpaired) electrons. The van der Waals surface area contributed by atoms with Gasteiger partial charge in [-0.25, -0.2) is 4.39 Å². The van der Waals surface area contributed by atoms with Crippen LogP contribution >= 0.6 is 0 Å². The van der Waals surface area contributed by atoms with Crippen molar-refractivity contribution in [3.8, 4) is 0 Å². The van der Waals surface area contributed by atoms with Crippen molar-refractivity contribution in [1.82, 2.24) is 0 Å². The molecule has 2 rings (SSSR count). The molecule has 1 N–H and O–H groups in total. The highest BCUT2D eigenvalue weighted by Gasteiger charge is 1.99. The molecule has 2 heteroatoms. The third-order valence-corrected chi connectivity index (χ3v) is 3.49. The summed E-state index contributed by atoms with van der Waals surface area (Å²) in [5.41, 5.74) is 4.28. The molecule has 0 atom stereocenters. The molecule has 0 unspecified atom stereocenters. The molecule has 0 spiro atoms. The Bertz CT molecular complexity index is 546. The van der Waals surface area contributed by atoms with E-state index in [2.05, 4.69) is 36.5 Å². The molecule has 0 aliphatic carbocycles. The van der Waals surface area contributed by atoms with Gasteiger partial charge in [-0.2, -0.15) is 0 Å². The van der Waals surface area contributed by atoms with Crippen molar-refractivity contribution in [2.75, 3.05) is 5.32 Å². The first-order valence-electron chi connectivity index (χ1n) is 7.27. The lowest BCUT2D eigenvalue weighted by molar-refractivity contribution is 0.617. The van der Waals surface area contributed by atoms with Crippen molar-refractivity contribution < 1.29 is 4.39 Å². The maximum atomic E-state index is 13.2. The standard InChI is InChI=1S/C18H22FN/c1-3-4-5-15-6-9-17(10-7-15)20-13-16-8-11-18(19)14(2)12-16/h6-12,20H,3-5,13H2,1-2H3. The average molecular weight is 271 g/mol. The van der Waals surface area contributed by atoms with E-state index in [1.165, 1.54) is 24.5 Å². The minimum Gasteiger partial charge on any atom is -0.381 e. The maximum Gasteiger partial charge on any atom is 0.126 e. The summed E-state index contributed by atoms with van der Waals surface area (Å²) in [6.07, 6.45) is 3.61. The van der Waals surface area contributed by atoms with Crippen LogP contribution in [0.3, 0.4) is 0 Å². The van der Waals surface area contributed by atoms with Crippen molar-refractivity contribution in [2.24, 2.45) is 0 Å². The van der Waals surface area contributed by atoms with E-state index in [9.17, 15) is 4.39 Å². The molecule has 106 valence electrons. The van der Waals surface area contributed by atoms with Gasteiger partial charge < -0.3 is 5.32 Å². The Hall–Kier alpha value is -1.83. The van der Waals surface area contributed by atoms with E-state index in [0.29, 0.717) is 5.56 Å². The van der Waals surface area contributed by atoms with Crippen LogP contribution in [0, 0.1) is 12.7 Å². The van der Waals surface area contributed by atoms with E-state index < -0.39 is 0 Å². The molecule has 0 aliphatic heterocycles. The highest BCUT2D eigenvalue weighted by atomic mass is 19.1. The van der Waals surface area contributed by atoms with Gasteiger partial charge >= 0.3 is 0 Å². The Balaban J connectivity index is 1.91. The van der Waals surface area contributed by atoms with E-state index in [4.69, 9.17) is 0 Å². The predicted octanol–water partition coefficient (Wildman–Crippen LogP) is 5.09. The van der Waals surface area contributed by atoms with Crippen LogP contribution in [0.4, 0.5) is 10.1 Å². The first-order chi connectivity index (χ1) is 9.69. The van der Waals surface area contributed by atoms with Crippen molar-refractivity contribution in [2.45, 2.75) is 39.7 Å². The van der Waals surface area contributed by atoms with Crippen LogP contribution in [-0.4, -0.2) is 0 Å². The Morgan fingerprint density at radius 1 is 1.00 bits per heavy atom. The zero-order valence-corrected chi connectivity index (χ0v) is 12.2. The second kappa shape index (κ2) is 7.09. The third kappa shape index (κ3) is 4.09. The fourth-order valence-corrected chi connectivity index (χ4v) is 2.19. The molecule has 0 heterocycles. The summed E-state index contributed by atoms with van der Waals surface area (Å²) in [6.45, 7) is 4.72. The van der Waals surface area contributed by atoms with Crippen molar-refractivity contribution in [3.63, 3.8) is 0 Å². The number of halogens is 1. The number of aryl methyl sites for hydroxylation is 2. The Morgan fingerprint density at radius 2 is 1.70 bits per heavy atom. The smallest absolute Gasteiger partial charge is 0.126 e. The lowest BCUT2D eigenvalue weighted by Gasteiger charge is -2.08. The van der Waals surface area contributed by atoms with Gasteiger partial charge in [0, 0.05) is 12.2 Å². The van der Waals surface area contributed by atoms with Crippen molar-refractivity contribution in [3.05, 3.63) is 65.0 Å². The molecule has 1 nitrogen and oxygen atoms in total. The van der Waals surface area contributed by atoms with Crippen LogP contribution < -0.4 is 5.32 Å². The number of anilines is 1. The number of nitrogens with one attached hydrogen (secondary N) is 1. The van der Waals surface area contributed by atoms with Gasteiger partial charge in [0.15, 0.2) is 0 Å². The fourth-order valence-electron chi connectivity index (χ4n) is 2.19. The van der Waals surface area contributed by atoms with Crippen molar-refractivity contribution in [1.29, 1.82) is 0 Å². The highest BCUT2D eigenvalue weighted by molar-refractivity contribution is 5.45. The van der Waals surface area contributed by atoms with Gasteiger partial charge in [-0.15, -0.1) is 0 Å². The SMILES string of the molecule is CCCCc1ccc(NCc2ccc(F)c(C)c2)cc1. The molecule has 0 amide bonds. The van der Waals surface area contributed by atoms with Gasteiger partial charge in [0.05, 0.1) is 0 Å². The van der Waals surface area contributed by atoms with Crippen LogP contribution in [0.2, 0.25) is 0 Å². The third-order valence-electron chi connectivity index (χ3n) is 3.49. The molecular formula is C18H22FN. The largest absolute Gasteiger partial charge is 0.381 e. The second-order valence-corrected chi connectivity index (χ2v) is 5.24. The molecular weight excluding hydrogens is 249 g/mol. The Kier molecular flexibility index (Phi) is 5.16. The maximum absolute atomic E-state index is 13.2. The van der Waals surface area contributed by atoms with Crippen molar-refractivity contribution >= 4 is 5.69 Å². The van der Waals surface area contributed by atoms with E-state index in [0.717, 1.165) is 24.2 Å². The molecule has 0 bridgehead atoms. The summed E-state index contributed by atoms with van der Waals surface area (Å²) in [5, 5.41) is 3.37. The summed E-state index contributed by atoms with van der Waals surface area (Å²) in [6, 6.07) is 13.8. The highest BCUT2D eigenvalue weighted by Crippen LogP contribution is 2.14. The molecule has 0 saturated carbocycles. The summed E-state index contributed by atoms with van der Waals surface area (Å²) >= 11 is 0. The van der Waals surface area contributed by atoms with Gasteiger partial charge in [0.2, 0.25) is 0 Å². The molecule has 0 aliphatic rings. The first kappa shape index (κ1) is 14.6. The van der Waals surface area contributed by atoms with Gasteiger partial charge in [0.25, 0.3) is 0 Å². The van der Waals surface area contributed by atoms with Crippen LogP contribution in [-0.2, 0) is 13.0 Å². The quantitative estimate of drug-likeness (QED) is 0.771. The van der Waals surface area contributed by atoms with E-state index in [-0.39, 0.29) is 5.82 Å². The topological polar surface area (TPSA) is 12.0 Å². The minimum atomic E-state index is -0.144. The average Bonchev–Trinajstić information content (AvgIpc) is 2.47. The first-order valence-corrected chi connectivity index (χ1v) is 7.27. The summed E-state index contributed by atoms with van der Waals surface area (Å²) in [7, 11) is 0. The molecule has 0 aromatic heterocycles. The molecule has 2 aromatic rings. The van der Waals surface area contributed by atoms with E-state index in [1.54, 1.807) is 6.92 Å². The van der Waals surface area contributed by atoms with Gasteiger partial charge in [0.1, 0.15) is 5.82 Å². The lowest BCUT2D eigenvalue weighted by Crippen LogP contribution is -2.00. The van der Waals surface area contributed by atoms with Crippen LogP contribution in [0.25, 0.3) is 0 Å². The summed E-state index contributed by atoms with van der Waals surface area (Å²) in [5.74, 6) is -0.144. The molecule has 0 fully saturated rings. The van der Waals surface area contributed by atoms with Crippen LogP contribution in [0.1, 0.15) is 36.5 Å². The number of unbranched alkanes of at least 4 members (excludes halogenated alkanes) is 1. The molecule has 20 heavy (non-hydrogen) atoms. The Morgan fingerprint density at radius 3 is 2.35 bits per heavy atom. The number of rotatable bonds is 6. The number of benzene rings is 2.